The molecule has 1 aliphatic rings. The van der Waals surface area contributed by atoms with E-state index in [0.29, 0.717) is 24.0 Å². The molecule has 0 saturated heterocycles. The Morgan fingerprint density at radius 1 is 1.21 bits per heavy atom. The fourth-order valence-electron chi connectivity index (χ4n) is 2.46. The lowest BCUT2D eigenvalue weighted by atomic mass is 9.95. The topological polar surface area (TPSA) is 41.1 Å². The molecule has 1 amide bonds. The summed E-state index contributed by atoms with van der Waals surface area (Å²) in [6.45, 7) is 0.613. The van der Waals surface area contributed by atoms with Crippen molar-refractivity contribution in [1.29, 1.82) is 0 Å². The third-order valence-electron chi connectivity index (χ3n) is 3.51. The summed E-state index contributed by atoms with van der Waals surface area (Å²) in [6, 6.07) is 7.97. The smallest absolute Gasteiger partial charge is 0.221 e. The lowest BCUT2D eigenvalue weighted by Gasteiger charge is -2.22. The van der Waals surface area contributed by atoms with E-state index in [9.17, 15) is 4.79 Å². The Labute approximate surface area is 119 Å². The van der Waals surface area contributed by atoms with Gasteiger partial charge < -0.3 is 10.6 Å². The Morgan fingerprint density at radius 2 is 1.95 bits per heavy atom. The summed E-state index contributed by atoms with van der Waals surface area (Å²) in [7, 11) is 0. The van der Waals surface area contributed by atoms with Gasteiger partial charge in [-0.1, -0.05) is 43.0 Å². The summed E-state index contributed by atoms with van der Waals surface area (Å²) >= 11 is 6.03. The van der Waals surface area contributed by atoms with E-state index in [4.69, 9.17) is 11.6 Å². The zero-order valence-electron chi connectivity index (χ0n) is 11.1. The van der Waals surface area contributed by atoms with Gasteiger partial charge in [-0.05, 0) is 25.0 Å². The molecular formula is C15H21ClN2O. The molecule has 2 rings (SSSR count). The molecule has 0 aromatic heterocycles. The Hall–Kier alpha value is -1.22. The highest BCUT2D eigenvalue weighted by Crippen LogP contribution is 2.20. The van der Waals surface area contributed by atoms with E-state index in [-0.39, 0.29) is 5.91 Å². The molecule has 4 heteroatoms. The molecule has 0 aliphatic heterocycles. The zero-order chi connectivity index (χ0) is 13.5. The molecule has 104 valence electrons. The van der Waals surface area contributed by atoms with Gasteiger partial charge in [0.05, 0.1) is 10.7 Å². The summed E-state index contributed by atoms with van der Waals surface area (Å²) in [5.74, 6) is 0.131. The summed E-state index contributed by atoms with van der Waals surface area (Å²) in [5.41, 5.74) is 0.884. The van der Waals surface area contributed by atoms with Gasteiger partial charge >= 0.3 is 0 Å². The number of amides is 1. The van der Waals surface area contributed by atoms with Crippen molar-refractivity contribution in [2.75, 3.05) is 11.9 Å². The summed E-state index contributed by atoms with van der Waals surface area (Å²) in [6.07, 6.45) is 6.53. The van der Waals surface area contributed by atoms with Crippen LogP contribution in [0, 0.1) is 0 Å². The molecule has 1 aromatic carbocycles. The van der Waals surface area contributed by atoms with Crippen LogP contribution in [0.2, 0.25) is 5.02 Å². The Kier molecular flexibility index (Phi) is 5.52. The van der Waals surface area contributed by atoms with Crippen LogP contribution in [0.25, 0.3) is 0 Å². The number of para-hydroxylation sites is 1. The van der Waals surface area contributed by atoms with Gasteiger partial charge in [0.25, 0.3) is 0 Å². The molecule has 1 aliphatic carbocycles. The van der Waals surface area contributed by atoms with Crippen molar-refractivity contribution in [3.05, 3.63) is 29.3 Å². The minimum absolute atomic E-state index is 0.131. The summed E-state index contributed by atoms with van der Waals surface area (Å²) in [5, 5.41) is 6.99. The van der Waals surface area contributed by atoms with Crippen molar-refractivity contribution < 1.29 is 4.79 Å². The molecule has 1 fully saturated rings. The van der Waals surface area contributed by atoms with Gasteiger partial charge in [0, 0.05) is 19.0 Å². The number of rotatable bonds is 5. The summed E-state index contributed by atoms with van der Waals surface area (Å²) < 4.78 is 0. The highest BCUT2D eigenvalue weighted by atomic mass is 35.5. The first-order valence-corrected chi connectivity index (χ1v) is 7.41. The number of carbonyl (C=O) groups excluding carboxylic acids is 1. The lowest BCUT2D eigenvalue weighted by molar-refractivity contribution is -0.121. The molecule has 0 atom stereocenters. The maximum Gasteiger partial charge on any atom is 0.221 e. The van der Waals surface area contributed by atoms with E-state index < -0.39 is 0 Å². The van der Waals surface area contributed by atoms with Crippen LogP contribution < -0.4 is 10.6 Å². The third kappa shape index (κ3) is 4.75. The van der Waals surface area contributed by atoms with Crippen LogP contribution in [0.3, 0.4) is 0 Å². The van der Waals surface area contributed by atoms with Gasteiger partial charge in [-0.15, -0.1) is 0 Å². The maximum absolute atomic E-state index is 11.8. The van der Waals surface area contributed by atoms with Gasteiger partial charge in [-0.25, -0.2) is 0 Å². The van der Waals surface area contributed by atoms with Gasteiger partial charge in [0.15, 0.2) is 0 Å². The van der Waals surface area contributed by atoms with Crippen molar-refractivity contribution in [2.24, 2.45) is 0 Å². The fraction of sp³-hybridized carbons (Fsp3) is 0.533. The molecule has 19 heavy (non-hydrogen) atoms. The molecule has 0 heterocycles. The minimum Gasteiger partial charge on any atom is -0.383 e. The molecule has 1 saturated carbocycles. The van der Waals surface area contributed by atoms with E-state index in [0.717, 1.165) is 18.5 Å². The van der Waals surface area contributed by atoms with Crippen molar-refractivity contribution in [1.82, 2.24) is 5.32 Å². The minimum atomic E-state index is 0.131. The van der Waals surface area contributed by atoms with Crippen molar-refractivity contribution in [3.8, 4) is 0 Å². The Bertz CT molecular complexity index is 416. The third-order valence-corrected chi connectivity index (χ3v) is 3.84. The van der Waals surface area contributed by atoms with Crippen LogP contribution in [-0.4, -0.2) is 18.5 Å². The van der Waals surface area contributed by atoms with Gasteiger partial charge in [0.2, 0.25) is 5.91 Å². The fourth-order valence-corrected chi connectivity index (χ4v) is 2.66. The van der Waals surface area contributed by atoms with E-state index in [1.165, 1.54) is 19.3 Å². The molecule has 1 aromatic rings. The lowest BCUT2D eigenvalue weighted by Crippen LogP contribution is -2.36. The number of halogens is 1. The van der Waals surface area contributed by atoms with Crippen molar-refractivity contribution in [3.63, 3.8) is 0 Å². The molecule has 0 spiro atoms. The Balaban J connectivity index is 1.67. The quantitative estimate of drug-likeness (QED) is 0.865. The molecular weight excluding hydrogens is 260 g/mol. The monoisotopic (exact) mass is 280 g/mol. The van der Waals surface area contributed by atoms with E-state index in [2.05, 4.69) is 10.6 Å². The average Bonchev–Trinajstić information content (AvgIpc) is 2.42. The van der Waals surface area contributed by atoms with Gasteiger partial charge in [-0.3, -0.25) is 4.79 Å². The number of hydrogen-bond acceptors (Lipinski definition) is 2. The van der Waals surface area contributed by atoms with Crippen LogP contribution in [0.4, 0.5) is 5.69 Å². The van der Waals surface area contributed by atoms with Crippen LogP contribution in [0.1, 0.15) is 38.5 Å². The van der Waals surface area contributed by atoms with E-state index in [1.54, 1.807) is 0 Å². The second-order valence-electron chi connectivity index (χ2n) is 5.06. The second-order valence-corrected chi connectivity index (χ2v) is 5.47. The van der Waals surface area contributed by atoms with Crippen molar-refractivity contribution >= 4 is 23.2 Å². The number of benzene rings is 1. The molecule has 0 unspecified atom stereocenters. The average molecular weight is 281 g/mol. The van der Waals surface area contributed by atoms with E-state index >= 15 is 0 Å². The predicted molar refractivity (Wildman–Crippen MR) is 79.6 cm³/mol. The standard InChI is InChI=1S/C15H21ClN2O/c16-13-8-4-5-9-14(13)17-11-10-15(19)18-12-6-2-1-3-7-12/h4-5,8-9,12,17H,1-3,6-7,10-11H2,(H,18,19). The van der Waals surface area contributed by atoms with Gasteiger partial charge in [0.1, 0.15) is 0 Å². The molecule has 2 N–H and O–H groups in total. The van der Waals surface area contributed by atoms with Gasteiger partial charge in [-0.2, -0.15) is 0 Å². The normalized spacial score (nSPS) is 16.1. The summed E-state index contributed by atoms with van der Waals surface area (Å²) in [4.78, 5) is 11.8. The van der Waals surface area contributed by atoms with Crippen LogP contribution >= 0.6 is 11.6 Å². The largest absolute Gasteiger partial charge is 0.383 e. The zero-order valence-corrected chi connectivity index (χ0v) is 11.9. The number of anilines is 1. The van der Waals surface area contributed by atoms with Crippen LogP contribution in [0.15, 0.2) is 24.3 Å². The number of carbonyl (C=O) groups is 1. The first-order chi connectivity index (χ1) is 9.25. The Morgan fingerprint density at radius 3 is 2.68 bits per heavy atom. The molecule has 0 radical (unpaired) electrons. The van der Waals surface area contributed by atoms with E-state index in [1.807, 2.05) is 24.3 Å². The van der Waals surface area contributed by atoms with Crippen molar-refractivity contribution in [2.45, 2.75) is 44.6 Å². The second kappa shape index (κ2) is 7.39. The van der Waals surface area contributed by atoms with Crippen LogP contribution in [-0.2, 0) is 4.79 Å². The molecule has 0 bridgehead atoms. The predicted octanol–water partition coefficient (Wildman–Crippen LogP) is 3.59. The highest BCUT2D eigenvalue weighted by Gasteiger charge is 2.15. The SMILES string of the molecule is O=C(CCNc1ccccc1Cl)NC1CCCCC1. The highest BCUT2D eigenvalue weighted by molar-refractivity contribution is 6.33. The maximum atomic E-state index is 11.8. The first kappa shape index (κ1) is 14.2. The first-order valence-electron chi connectivity index (χ1n) is 7.03. The number of hydrogen-bond donors (Lipinski definition) is 2. The molecule has 3 nitrogen and oxygen atoms in total. The number of nitrogens with one attached hydrogen (secondary N) is 2. The van der Waals surface area contributed by atoms with Crippen LogP contribution in [0.5, 0.6) is 0 Å².